The van der Waals surface area contributed by atoms with Gasteiger partial charge in [0.05, 0.1) is 11.4 Å². The van der Waals surface area contributed by atoms with Crippen LogP contribution < -0.4 is 10.5 Å². The molecule has 1 aromatic rings. The molecule has 4 nitrogen and oxygen atoms in total. The fourth-order valence-electron chi connectivity index (χ4n) is 1.08. The molecule has 0 atom stereocenters. The van der Waals surface area contributed by atoms with Gasteiger partial charge < -0.3 is 5.73 Å². The van der Waals surface area contributed by atoms with Crippen LogP contribution in [0.1, 0.15) is 6.42 Å². The van der Waals surface area contributed by atoms with Crippen LogP contribution in [0.25, 0.3) is 0 Å². The van der Waals surface area contributed by atoms with Crippen LogP contribution >= 0.6 is 15.9 Å². The van der Waals surface area contributed by atoms with E-state index in [1.807, 2.05) is 0 Å². The minimum atomic E-state index is -3.54. The van der Waals surface area contributed by atoms with E-state index in [4.69, 9.17) is 5.73 Å². The average Bonchev–Trinajstić information content (AvgIpc) is 2.21. The molecular formula is C9H12BrFN2O2S. The minimum absolute atomic E-state index is 0.0699. The number of nitrogens with one attached hydrogen (secondary N) is 1. The van der Waals surface area contributed by atoms with Crippen molar-refractivity contribution in [2.24, 2.45) is 5.73 Å². The van der Waals surface area contributed by atoms with Gasteiger partial charge >= 0.3 is 0 Å². The molecule has 0 heterocycles. The Morgan fingerprint density at radius 1 is 1.44 bits per heavy atom. The van der Waals surface area contributed by atoms with Gasteiger partial charge in [-0.1, -0.05) is 6.07 Å². The summed E-state index contributed by atoms with van der Waals surface area (Å²) < 4.78 is 38.9. The molecule has 1 rings (SSSR count). The largest absolute Gasteiger partial charge is 0.330 e. The van der Waals surface area contributed by atoms with Gasteiger partial charge in [-0.2, -0.15) is 0 Å². The lowest BCUT2D eigenvalue weighted by molar-refractivity contribution is 0.596. The van der Waals surface area contributed by atoms with Crippen LogP contribution in [0.15, 0.2) is 22.7 Å². The van der Waals surface area contributed by atoms with Crippen molar-refractivity contribution in [1.29, 1.82) is 0 Å². The molecule has 3 N–H and O–H groups in total. The van der Waals surface area contributed by atoms with Gasteiger partial charge in [-0.3, -0.25) is 4.72 Å². The number of hydrogen-bond acceptors (Lipinski definition) is 3. The van der Waals surface area contributed by atoms with Gasteiger partial charge in [-0.15, -0.1) is 0 Å². The van der Waals surface area contributed by atoms with E-state index in [-0.39, 0.29) is 18.0 Å². The zero-order valence-corrected chi connectivity index (χ0v) is 10.8. The lowest BCUT2D eigenvalue weighted by Gasteiger charge is -2.09. The molecule has 0 saturated carbocycles. The van der Waals surface area contributed by atoms with Gasteiger partial charge in [0.1, 0.15) is 5.82 Å². The maximum Gasteiger partial charge on any atom is 0.232 e. The van der Waals surface area contributed by atoms with Gasteiger partial charge in [0.15, 0.2) is 0 Å². The Labute approximate surface area is 102 Å². The topological polar surface area (TPSA) is 72.2 Å². The molecule has 1 aromatic carbocycles. The Morgan fingerprint density at radius 2 is 2.12 bits per heavy atom. The quantitative estimate of drug-likeness (QED) is 0.869. The number of hydrogen-bond donors (Lipinski definition) is 2. The van der Waals surface area contributed by atoms with E-state index in [0.29, 0.717) is 10.9 Å². The van der Waals surface area contributed by atoms with Crippen LogP contribution in [0.3, 0.4) is 0 Å². The number of anilines is 1. The lowest BCUT2D eigenvalue weighted by Crippen LogP contribution is -2.19. The smallest absolute Gasteiger partial charge is 0.232 e. The van der Waals surface area contributed by atoms with E-state index >= 15 is 0 Å². The fourth-order valence-corrected chi connectivity index (χ4v) is 2.81. The van der Waals surface area contributed by atoms with E-state index in [1.165, 1.54) is 12.1 Å². The first kappa shape index (κ1) is 13.4. The number of nitrogens with two attached hydrogens (primary N) is 1. The Bertz CT molecular complexity index is 444. The predicted molar refractivity (Wildman–Crippen MR) is 65.2 cm³/mol. The molecular weight excluding hydrogens is 299 g/mol. The molecule has 0 amide bonds. The van der Waals surface area contributed by atoms with E-state index in [1.54, 1.807) is 6.07 Å². The fraction of sp³-hybridized carbons (Fsp3) is 0.333. The minimum Gasteiger partial charge on any atom is -0.330 e. The molecule has 7 heteroatoms. The third kappa shape index (κ3) is 3.73. The maximum absolute atomic E-state index is 13.3. The zero-order valence-electron chi connectivity index (χ0n) is 8.41. The van der Waals surface area contributed by atoms with Gasteiger partial charge in [0.2, 0.25) is 10.0 Å². The van der Waals surface area contributed by atoms with Crippen molar-refractivity contribution in [2.45, 2.75) is 6.42 Å². The van der Waals surface area contributed by atoms with Crippen molar-refractivity contribution in [1.82, 2.24) is 0 Å². The predicted octanol–water partition coefficient (Wildman–Crippen LogP) is 1.68. The average molecular weight is 311 g/mol. The highest BCUT2D eigenvalue weighted by Crippen LogP contribution is 2.26. The van der Waals surface area contributed by atoms with E-state index < -0.39 is 15.8 Å². The second-order valence-corrected chi connectivity index (χ2v) is 5.86. The molecule has 0 saturated heterocycles. The van der Waals surface area contributed by atoms with Crippen molar-refractivity contribution < 1.29 is 12.8 Å². The summed E-state index contributed by atoms with van der Waals surface area (Å²) >= 11 is 3.08. The summed E-state index contributed by atoms with van der Waals surface area (Å²) in [5.74, 6) is -0.740. The van der Waals surface area contributed by atoms with Gasteiger partial charge in [0, 0.05) is 4.47 Å². The summed E-state index contributed by atoms with van der Waals surface area (Å²) in [4.78, 5) is 0. The number of rotatable bonds is 5. The number of benzene rings is 1. The van der Waals surface area contributed by atoms with Crippen molar-refractivity contribution in [3.05, 3.63) is 28.5 Å². The molecule has 90 valence electrons. The zero-order chi connectivity index (χ0) is 12.2. The summed E-state index contributed by atoms with van der Waals surface area (Å²) in [7, 11) is -3.54. The first-order valence-electron chi connectivity index (χ1n) is 4.61. The van der Waals surface area contributed by atoms with Gasteiger partial charge in [0.25, 0.3) is 0 Å². The molecule has 0 fully saturated rings. The highest BCUT2D eigenvalue weighted by Gasteiger charge is 2.14. The third-order valence-corrected chi connectivity index (χ3v) is 3.84. The van der Waals surface area contributed by atoms with Crippen LogP contribution in [-0.2, 0) is 10.0 Å². The van der Waals surface area contributed by atoms with Crippen molar-refractivity contribution in [3.8, 4) is 0 Å². The van der Waals surface area contributed by atoms with Gasteiger partial charge in [-0.25, -0.2) is 12.8 Å². The van der Waals surface area contributed by atoms with E-state index in [2.05, 4.69) is 20.7 Å². The summed E-state index contributed by atoms with van der Waals surface area (Å²) in [6, 6.07) is 4.23. The second kappa shape index (κ2) is 5.60. The molecule has 16 heavy (non-hydrogen) atoms. The SMILES string of the molecule is NCCCS(=O)(=O)Nc1c(F)cccc1Br. The highest BCUT2D eigenvalue weighted by molar-refractivity contribution is 9.10. The normalized spacial score (nSPS) is 11.4. The van der Waals surface area contributed by atoms with E-state index in [9.17, 15) is 12.8 Å². The Kier molecular flexibility index (Phi) is 4.69. The molecule has 0 bridgehead atoms. The summed E-state index contributed by atoms with van der Waals surface area (Å²) in [5, 5.41) is 0. The lowest BCUT2D eigenvalue weighted by atomic mass is 10.3. The summed E-state index contributed by atoms with van der Waals surface area (Å²) in [5.41, 5.74) is 5.14. The monoisotopic (exact) mass is 310 g/mol. The van der Waals surface area contributed by atoms with Crippen molar-refractivity contribution >= 4 is 31.6 Å². The maximum atomic E-state index is 13.3. The first-order chi connectivity index (χ1) is 7.46. The van der Waals surface area contributed by atoms with Crippen LogP contribution in [0.2, 0.25) is 0 Å². The standard InChI is InChI=1S/C9H12BrFN2O2S/c10-7-3-1-4-8(11)9(7)13-16(14,15)6-2-5-12/h1,3-4,13H,2,5-6,12H2. The van der Waals surface area contributed by atoms with Crippen molar-refractivity contribution in [2.75, 3.05) is 17.0 Å². The van der Waals surface area contributed by atoms with Crippen LogP contribution in [-0.4, -0.2) is 20.7 Å². The number of para-hydroxylation sites is 1. The summed E-state index contributed by atoms with van der Waals surface area (Å²) in [6.45, 7) is 0.277. The Balaban J connectivity index is 2.88. The summed E-state index contributed by atoms with van der Waals surface area (Å²) in [6.07, 6.45) is 0.335. The van der Waals surface area contributed by atoms with Crippen LogP contribution in [0.4, 0.5) is 10.1 Å². The van der Waals surface area contributed by atoms with Crippen LogP contribution in [0.5, 0.6) is 0 Å². The molecule has 0 spiro atoms. The Morgan fingerprint density at radius 3 is 2.69 bits per heavy atom. The molecule has 0 aliphatic carbocycles. The van der Waals surface area contributed by atoms with Crippen LogP contribution in [0, 0.1) is 5.82 Å². The molecule has 0 aromatic heterocycles. The Hall–Kier alpha value is -0.660. The third-order valence-electron chi connectivity index (χ3n) is 1.84. The first-order valence-corrected chi connectivity index (χ1v) is 7.05. The highest BCUT2D eigenvalue weighted by atomic mass is 79.9. The number of halogens is 2. The van der Waals surface area contributed by atoms with Gasteiger partial charge in [-0.05, 0) is 41.0 Å². The second-order valence-electron chi connectivity index (χ2n) is 3.16. The van der Waals surface area contributed by atoms with E-state index in [0.717, 1.165) is 0 Å². The molecule has 0 aliphatic rings. The molecule has 0 radical (unpaired) electrons. The molecule has 0 unspecified atom stereocenters. The number of sulfonamides is 1. The van der Waals surface area contributed by atoms with Crippen molar-refractivity contribution in [3.63, 3.8) is 0 Å². The molecule has 0 aliphatic heterocycles.